The molecule has 2 N–H and O–H groups in total. The number of aromatic amines is 1. The molecule has 24 heavy (non-hydrogen) atoms. The van der Waals surface area contributed by atoms with Crippen molar-refractivity contribution in [2.75, 3.05) is 11.6 Å². The van der Waals surface area contributed by atoms with Gasteiger partial charge in [-0.05, 0) is 24.5 Å². The molecule has 122 valence electrons. The lowest BCUT2D eigenvalue weighted by molar-refractivity contribution is -0.122. The van der Waals surface area contributed by atoms with Gasteiger partial charge in [-0.1, -0.05) is 18.2 Å². The highest BCUT2D eigenvalue weighted by atomic mass is 16.2. The molecule has 2 aromatic heterocycles. The Morgan fingerprint density at radius 2 is 2.21 bits per heavy atom. The highest BCUT2D eigenvalue weighted by Crippen LogP contribution is 2.24. The van der Waals surface area contributed by atoms with Crippen molar-refractivity contribution in [1.29, 1.82) is 0 Å². The molecular formula is C16H16N6O2. The number of H-pyrrole nitrogens is 1. The van der Waals surface area contributed by atoms with Gasteiger partial charge in [0.05, 0.1) is 18.2 Å². The first-order valence-electron chi connectivity index (χ1n) is 7.76. The smallest absolute Gasteiger partial charge is 0.261 e. The van der Waals surface area contributed by atoms with E-state index in [0.29, 0.717) is 11.0 Å². The van der Waals surface area contributed by atoms with Gasteiger partial charge < -0.3 is 4.98 Å². The second-order valence-electron chi connectivity index (χ2n) is 5.69. The van der Waals surface area contributed by atoms with Gasteiger partial charge in [-0.25, -0.2) is 9.67 Å². The summed E-state index contributed by atoms with van der Waals surface area (Å²) in [7, 11) is 0. The van der Waals surface area contributed by atoms with Gasteiger partial charge in [0.15, 0.2) is 5.65 Å². The Balaban J connectivity index is 1.53. The van der Waals surface area contributed by atoms with E-state index in [-0.39, 0.29) is 18.0 Å². The molecule has 0 atom stereocenters. The fraction of sp³-hybridized carbons (Fsp3) is 0.250. The highest BCUT2D eigenvalue weighted by molar-refractivity contribution is 5.80. The van der Waals surface area contributed by atoms with E-state index >= 15 is 0 Å². The number of rotatable bonds is 3. The molecule has 8 heteroatoms. The van der Waals surface area contributed by atoms with Gasteiger partial charge in [-0.15, -0.1) is 0 Å². The Morgan fingerprint density at radius 3 is 3.12 bits per heavy atom. The van der Waals surface area contributed by atoms with Crippen molar-refractivity contribution in [3.8, 4) is 0 Å². The van der Waals surface area contributed by atoms with Crippen molar-refractivity contribution in [1.82, 2.24) is 25.2 Å². The molecule has 3 aromatic rings. The Kier molecular flexibility index (Phi) is 3.49. The molecule has 1 aliphatic rings. The Morgan fingerprint density at radius 1 is 1.33 bits per heavy atom. The zero-order valence-corrected chi connectivity index (χ0v) is 12.9. The molecule has 1 amide bonds. The molecule has 0 bridgehead atoms. The first kappa shape index (κ1) is 14.4. The molecule has 0 aliphatic carbocycles. The minimum Gasteiger partial charge on any atom is -0.312 e. The number of fused-ring (bicyclic) bond motifs is 2. The highest BCUT2D eigenvalue weighted by Gasteiger charge is 2.19. The maximum atomic E-state index is 12.4. The second-order valence-corrected chi connectivity index (χ2v) is 5.69. The molecule has 0 unspecified atom stereocenters. The van der Waals surface area contributed by atoms with Crippen LogP contribution in [0.4, 0.5) is 5.69 Å². The number of aryl methyl sites for hydroxylation is 1. The van der Waals surface area contributed by atoms with E-state index in [9.17, 15) is 9.59 Å². The van der Waals surface area contributed by atoms with Crippen molar-refractivity contribution in [3.63, 3.8) is 0 Å². The Hall–Kier alpha value is -3.16. The number of amides is 1. The second kappa shape index (κ2) is 5.80. The molecule has 8 nitrogen and oxygen atoms in total. The van der Waals surface area contributed by atoms with Crippen LogP contribution in [0, 0.1) is 0 Å². The predicted molar refractivity (Wildman–Crippen MR) is 88.4 cm³/mol. The Labute approximate surface area is 137 Å². The molecule has 1 aliphatic heterocycles. The monoisotopic (exact) mass is 324 g/mol. The lowest BCUT2D eigenvalue weighted by atomic mass is 10.0. The quantitative estimate of drug-likeness (QED) is 0.736. The van der Waals surface area contributed by atoms with Crippen LogP contribution in [0.3, 0.4) is 0 Å². The number of para-hydroxylation sites is 1. The molecule has 0 spiro atoms. The maximum Gasteiger partial charge on any atom is 0.261 e. The largest absolute Gasteiger partial charge is 0.312 e. The molecule has 0 fully saturated rings. The molecule has 1 aromatic carbocycles. The van der Waals surface area contributed by atoms with E-state index in [2.05, 4.69) is 26.6 Å². The number of hydrogen-bond acceptors (Lipinski definition) is 5. The summed E-state index contributed by atoms with van der Waals surface area (Å²) in [6, 6.07) is 8.04. The van der Waals surface area contributed by atoms with E-state index in [0.717, 1.165) is 25.1 Å². The van der Waals surface area contributed by atoms with Gasteiger partial charge in [0, 0.05) is 6.54 Å². The third kappa shape index (κ3) is 2.51. The van der Waals surface area contributed by atoms with E-state index in [1.807, 2.05) is 23.2 Å². The van der Waals surface area contributed by atoms with Gasteiger partial charge in [0.25, 0.3) is 11.5 Å². The number of benzene rings is 1. The minimum absolute atomic E-state index is 0.00137. The van der Waals surface area contributed by atoms with Gasteiger partial charge in [0.1, 0.15) is 11.9 Å². The maximum absolute atomic E-state index is 12.4. The van der Waals surface area contributed by atoms with Crippen molar-refractivity contribution in [2.45, 2.75) is 19.4 Å². The number of nitrogens with one attached hydrogen (secondary N) is 2. The number of hydrogen-bond donors (Lipinski definition) is 2. The SMILES string of the molecule is O=C(Cn1ncc2c(=O)[nH]cnc21)NN1CCCc2ccccc21. The van der Waals surface area contributed by atoms with E-state index in [1.165, 1.54) is 22.8 Å². The van der Waals surface area contributed by atoms with Gasteiger partial charge >= 0.3 is 0 Å². The number of carbonyl (C=O) groups is 1. The number of nitrogens with zero attached hydrogens (tertiary/aromatic N) is 4. The standard InChI is InChI=1S/C16H16N6O2/c23-14(9-22-15-12(8-19-22)16(24)18-10-17-15)20-21-7-3-5-11-4-1-2-6-13(11)21/h1-2,4,6,8,10H,3,5,7,9H2,(H,20,23)(H,17,18,24). The fourth-order valence-corrected chi connectivity index (χ4v) is 2.99. The molecule has 4 rings (SSSR count). The van der Waals surface area contributed by atoms with Gasteiger partial charge in [-0.2, -0.15) is 5.10 Å². The normalized spacial score (nSPS) is 13.8. The van der Waals surface area contributed by atoms with Crippen LogP contribution >= 0.6 is 0 Å². The van der Waals surface area contributed by atoms with Gasteiger partial charge in [-0.3, -0.25) is 20.0 Å². The average Bonchev–Trinajstić information content (AvgIpc) is 2.99. The zero-order valence-electron chi connectivity index (χ0n) is 12.9. The van der Waals surface area contributed by atoms with Crippen molar-refractivity contribution < 1.29 is 4.79 Å². The zero-order chi connectivity index (χ0) is 16.5. The molecule has 0 saturated heterocycles. The topological polar surface area (TPSA) is 95.9 Å². The van der Waals surface area contributed by atoms with Crippen molar-refractivity contribution in [2.24, 2.45) is 0 Å². The summed E-state index contributed by atoms with van der Waals surface area (Å²) in [5, 5.41) is 6.33. The minimum atomic E-state index is -0.267. The summed E-state index contributed by atoms with van der Waals surface area (Å²) in [6.07, 6.45) is 4.73. The van der Waals surface area contributed by atoms with Crippen LogP contribution in [0.1, 0.15) is 12.0 Å². The summed E-state index contributed by atoms with van der Waals surface area (Å²) in [4.78, 5) is 30.6. The summed E-state index contributed by atoms with van der Waals surface area (Å²) >= 11 is 0. The predicted octanol–water partition coefficient (Wildman–Crippen LogP) is 0.604. The van der Waals surface area contributed by atoms with E-state index in [4.69, 9.17) is 0 Å². The van der Waals surface area contributed by atoms with Crippen LogP contribution in [0.2, 0.25) is 0 Å². The first-order chi connectivity index (χ1) is 11.7. The van der Waals surface area contributed by atoms with Crippen LogP contribution in [-0.4, -0.2) is 32.2 Å². The first-order valence-corrected chi connectivity index (χ1v) is 7.76. The number of hydrazine groups is 1. The fourth-order valence-electron chi connectivity index (χ4n) is 2.99. The molecule has 3 heterocycles. The van der Waals surface area contributed by atoms with Crippen LogP contribution < -0.4 is 16.0 Å². The van der Waals surface area contributed by atoms with Gasteiger partial charge in [0.2, 0.25) is 0 Å². The summed E-state index contributed by atoms with van der Waals surface area (Å²) in [5.74, 6) is -0.209. The van der Waals surface area contributed by atoms with Crippen LogP contribution in [0.15, 0.2) is 41.6 Å². The van der Waals surface area contributed by atoms with E-state index in [1.54, 1.807) is 0 Å². The molecule has 0 radical (unpaired) electrons. The number of aromatic nitrogens is 4. The van der Waals surface area contributed by atoms with Crippen LogP contribution in [0.5, 0.6) is 0 Å². The average molecular weight is 324 g/mol. The van der Waals surface area contributed by atoms with E-state index < -0.39 is 0 Å². The van der Waals surface area contributed by atoms with Crippen molar-refractivity contribution in [3.05, 3.63) is 52.7 Å². The molecular weight excluding hydrogens is 308 g/mol. The molecule has 0 saturated carbocycles. The summed E-state index contributed by atoms with van der Waals surface area (Å²) < 4.78 is 1.43. The third-order valence-electron chi connectivity index (χ3n) is 4.10. The summed E-state index contributed by atoms with van der Waals surface area (Å²) in [5.41, 5.74) is 5.29. The van der Waals surface area contributed by atoms with Crippen molar-refractivity contribution >= 4 is 22.6 Å². The lowest BCUT2D eigenvalue weighted by Gasteiger charge is -2.31. The third-order valence-corrected chi connectivity index (χ3v) is 4.10. The Bertz CT molecular complexity index is 960. The number of carbonyl (C=O) groups excluding carboxylic acids is 1. The number of anilines is 1. The van der Waals surface area contributed by atoms with Crippen LogP contribution in [-0.2, 0) is 17.8 Å². The lowest BCUT2D eigenvalue weighted by Crippen LogP contribution is -2.46. The summed E-state index contributed by atoms with van der Waals surface area (Å²) in [6.45, 7) is 0.763. The van der Waals surface area contributed by atoms with Crippen LogP contribution in [0.25, 0.3) is 11.0 Å².